The van der Waals surface area contributed by atoms with Crippen LogP contribution >= 0.6 is 11.8 Å². The maximum Gasteiger partial charge on any atom is 0.357 e. The summed E-state index contributed by atoms with van der Waals surface area (Å²) < 4.78 is 6.40. The van der Waals surface area contributed by atoms with Gasteiger partial charge < -0.3 is 15.0 Å². The standard InChI is InChI=1S/C20H17N3O2S/c1-25-20(24)19-18(22)14(11-21)12-23(19)15-9-7-13(8-10-15)16-5-3-4-6-17(16)26-2/h3-10,12H,22H2,1-2H3. The van der Waals surface area contributed by atoms with Crippen LogP contribution in [0.2, 0.25) is 0 Å². The second-order valence-corrected chi connectivity index (χ2v) is 6.37. The first kappa shape index (κ1) is 17.6. The molecule has 0 fully saturated rings. The molecule has 3 rings (SSSR count). The van der Waals surface area contributed by atoms with Crippen molar-refractivity contribution in [2.45, 2.75) is 4.90 Å². The average molecular weight is 363 g/mol. The first-order valence-electron chi connectivity index (χ1n) is 7.83. The van der Waals surface area contributed by atoms with E-state index in [1.54, 1.807) is 22.5 Å². The monoisotopic (exact) mass is 363 g/mol. The number of hydrogen-bond acceptors (Lipinski definition) is 5. The van der Waals surface area contributed by atoms with Gasteiger partial charge in [0.25, 0.3) is 0 Å². The molecule has 2 N–H and O–H groups in total. The molecule has 0 aliphatic carbocycles. The molecule has 3 aromatic rings. The van der Waals surface area contributed by atoms with Crippen LogP contribution in [0.25, 0.3) is 16.8 Å². The maximum atomic E-state index is 12.1. The molecule has 0 spiro atoms. The zero-order chi connectivity index (χ0) is 18.7. The zero-order valence-electron chi connectivity index (χ0n) is 14.4. The quantitative estimate of drug-likeness (QED) is 0.557. The summed E-state index contributed by atoms with van der Waals surface area (Å²) in [5, 5.41) is 9.21. The van der Waals surface area contributed by atoms with Crippen LogP contribution in [-0.2, 0) is 4.74 Å². The van der Waals surface area contributed by atoms with Crippen molar-refractivity contribution in [2.24, 2.45) is 0 Å². The first-order valence-corrected chi connectivity index (χ1v) is 9.06. The van der Waals surface area contributed by atoms with Gasteiger partial charge in [-0.2, -0.15) is 5.26 Å². The summed E-state index contributed by atoms with van der Waals surface area (Å²) in [4.78, 5) is 13.3. The molecule has 0 saturated heterocycles. The van der Waals surface area contributed by atoms with Crippen molar-refractivity contribution in [1.29, 1.82) is 5.26 Å². The topological polar surface area (TPSA) is 81.0 Å². The van der Waals surface area contributed by atoms with Crippen LogP contribution in [0, 0.1) is 11.3 Å². The molecular formula is C20H17N3O2S. The van der Waals surface area contributed by atoms with E-state index in [4.69, 9.17) is 10.5 Å². The van der Waals surface area contributed by atoms with Crippen LogP contribution in [0.3, 0.4) is 0 Å². The Hall–Kier alpha value is -3.17. The third-order valence-corrected chi connectivity index (χ3v) is 4.90. The zero-order valence-corrected chi connectivity index (χ0v) is 15.2. The SMILES string of the molecule is COC(=O)c1c(N)c(C#N)cn1-c1ccc(-c2ccccc2SC)cc1. The molecule has 0 atom stereocenters. The van der Waals surface area contributed by atoms with Gasteiger partial charge >= 0.3 is 5.97 Å². The molecule has 26 heavy (non-hydrogen) atoms. The minimum Gasteiger partial charge on any atom is -0.464 e. The summed E-state index contributed by atoms with van der Waals surface area (Å²) in [6.07, 6.45) is 3.59. The van der Waals surface area contributed by atoms with E-state index < -0.39 is 5.97 Å². The second-order valence-electron chi connectivity index (χ2n) is 5.53. The molecule has 0 radical (unpaired) electrons. The number of methoxy groups -OCH3 is 1. The minimum atomic E-state index is -0.583. The van der Waals surface area contributed by atoms with Crippen molar-refractivity contribution in [1.82, 2.24) is 4.57 Å². The van der Waals surface area contributed by atoms with Gasteiger partial charge in [-0.25, -0.2) is 4.79 Å². The van der Waals surface area contributed by atoms with Gasteiger partial charge in [0.2, 0.25) is 0 Å². The molecular weight excluding hydrogens is 346 g/mol. The van der Waals surface area contributed by atoms with E-state index in [2.05, 4.69) is 12.1 Å². The van der Waals surface area contributed by atoms with E-state index in [1.165, 1.54) is 12.0 Å². The van der Waals surface area contributed by atoms with Gasteiger partial charge in [0.1, 0.15) is 6.07 Å². The molecule has 6 heteroatoms. The minimum absolute atomic E-state index is 0.121. The predicted molar refractivity (Wildman–Crippen MR) is 103 cm³/mol. The lowest BCUT2D eigenvalue weighted by Crippen LogP contribution is -2.11. The molecule has 0 aliphatic heterocycles. The summed E-state index contributed by atoms with van der Waals surface area (Å²) >= 11 is 1.69. The van der Waals surface area contributed by atoms with E-state index in [9.17, 15) is 10.1 Å². The Kier molecular flexibility index (Phi) is 5.01. The smallest absolute Gasteiger partial charge is 0.357 e. The van der Waals surface area contributed by atoms with Crippen molar-refractivity contribution in [3.05, 3.63) is 66.0 Å². The molecule has 0 unspecified atom stereocenters. The number of anilines is 1. The number of nitrogens with two attached hydrogens (primary N) is 1. The Morgan fingerprint density at radius 3 is 2.50 bits per heavy atom. The number of ether oxygens (including phenoxy) is 1. The number of rotatable bonds is 4. The lowest BCUT2D eigenvalue weighted by Gasteiger charge is -2.11. The largest absolute Gasteiger partial charge is 0.464 e. The molecule has 0 saturated carbocycles. The second kappa shape index (κ2) is 7.38. The van der Waals surface area contributed by atoms with Gasteiger partial charge in [0.05, 0.1) is 18.4 Å². The maximum absolute atomic E-state index is 12.1. The molecule has 1 heterocycles. The highest BCUT2D eigenvalue weighted by atomic mass is 32.2. The summed E-state index contributed by atoms with van der Waals surface area (Å²) in [6, 6.07) is 17.9. The fourth-order valence-electron chi connectivity index (χ4n) is 2.80. The van der Waals surface area contributed by atoms with Crippen molar-refractivity contribution in [3.63, 3.8) is 0 Å². The predicted octanol–water partition coefficient (Wildman–Crippen LogP) is 4.11. The molecule has 1 aromatic heterocycles. The van der Waals surface area contributed by atoms with Crippen LogP contribution in [0.15, 0.2) is 59.6 Å². The van der Waals surface area contributed by atoms with Gasteiger partial charge in [-0.05, 0) is 35.6 Å². The average Bonchev–Trinajstić information content (AvgIpc) is 3.03. The summed E-state index contributed by atoms with van der Waals surface area (Å²) in [5.74, 6) is -0.583. The van der Waals surface area contributed by atoms with E-state index in [0.717, 1.165) is 16.8 Å². The Morgan fingerprint density at radius 1 is 1.19 bits per heavy atom. The van der Waals surface area contributed by atoms with Crippen molar-refractivity contribution < 1.29 is 9.53 Å². The van der Waals surface area contributed by atoms with Crippen LogP contribution < -0.4 is 5.73 Å². The highest BCUT2D eigenvalue weighted by Crippen LogP contribution is 2.31. The Labute approximate surface area is 156 Å². The first-order chi connectivity index (χ1) is 12.6. The number of benzene rings is 2. The third-order valence-electron chi connectivity index (χ3n) is 4.11. The normalized spacial score (nSPS) is 10.3. The van der Waals surface area contributed by atoms with Crippen molar-refractivity contribution >= 4 is 23.4 Å². The number of aromatic nitrogens is 1. The van der Waals surface area contributed by atoms with E-state index in [-0.39, 0.29) is 16.9 Å². The number of hydrogen-bond donors (Lipinski definition) is 1. The van der Waals surface area contributed by atoms with Crippen LogP contribution in [-0.4, -0.2) is 23.9 Å². The number of esters is 1. The Morgan fingerprint density at radius 2 is 1.88 bits per heavy atom. The number of thioether (sulfide) groups is 1. The fraction of sp³-hybridized carbons (Fsp3) is 0.100. The number of carbonyl (C=O) groups excluding carboxylic acids is 1. The lowest BCUT2D eigenvalue weighted by atomic mass is 10.1. The number of nitrogens with zero attached hydrogens (tertiary/aromatic N) is 2. The van der Waals surface area contributed by atoms with Gasteiger partial charge in [0.15, 0.2) is 5.69 Å². The van der Waals surface area contributed by atoms with Gasteiger partial charge in [-0.1, -0.05) is 30.3 Å². The van der Waals surface area contributed by atoms with E-state index in [0.29, 0.717) is 0 Å². The summed E-state index contributed by atoms with van der Waals surface area (Å²) in [5.41, 5.74) is 9.39. The van der Waals surface area contributed by atoms with Crippen LogP contribution in [0.4, 0.5) is 5.69 Å². The Balaban J connectivity index is 2.07. The highest BCUT2D eigenvalue weighted by Gasteiger charge is 2.21. The molecule has 5 nitrogen and oxygen atoms in total. The van der Waals surface area contributed by atoms with Gasteiger partial charge in [-0.15, -0.1) is 11.8 Å². The number of nitrogen functional groups attached to an aromatic ring is 1. The van der Waals surface area contributed by atoms with Gasteiger partial charge in [0, 0.05) is 16.8 Å². The van der Waals surface area contributed by atoms with Gasteiger partial charge in [-0.3, -0.25) is 0 Å². The molecule has 2 aromatic carbocycles. The molecule has 0 aliphatic rings. The molecule has 130 valence electrons. The molecule has 0 bridgehead atoms. The number of nitriles is 1. The van der Waals surface area contributed by atoms with Crippen molar-refractivity contribution in [2.75, 3.05) is 19.1 Å². The highest BCUT2D eigenvalue weighted by molar-refractivity contribution is 7.98. The van der Waals surface area contributed by atoms with Crippen LogP contribution in [0.1, 0.15) is 16.1 Å². The summed E-state index contributed by atoms with van der Waals surface area (Å²) in [6.45, 7) is 0. The van der Waals surface area contributed by atoms with E-state index >= 15 is 0 Å². The van der Waals surface area contributed by atoms with Crippen molar-refractivity contribution in [3.8, 4) is 22.9 Å². The molecule has 0 amide bonds. The number of carbonyl (C=O) groups is 1. The lowest BCUT2D eigenvalue weighted by molar-refractivity contribution is 0.0593. The summed E-state index contributed by atoms with van der Waals surface area (Å²) in [7, 11) is 1.29. The van der Waals surface area contributed by atoms with Crippen LogP contribution in [0.5, 0.6) is 0 Å². The third kappa shape index (κ3) is 3.05. The van der Waals surface area contributed by atoms with E-state index in [1.807, 2.05) is 48.7 Å². The fourth-order valence-corrected chi connectivity index (χ4v) is 3.42. The Bertz CT molecular complexity index is 1000.